The second-order valence-corrected chi connectivity index (χ2v) is 3.08. The maximum absolute atomic E-state index is 10.2. The molecule has 0 amide bonds. The molecule has 0 unspecified atom stereocenters. The van der Waals surface area contributed by atoms with Crippen molar-refractivity contribution in [2.75, 3.05) is 14.2 Å². The summed E-state index contributed by atoms with van der Waals surface area (Å²) in [7, 11) is 2.55. The summed E-state index contributed by atoms with van der Waals surface area (Å²) in [6.45, 7) is 2.88. The summed E-state index contributed by atoms with van der Waals surface area (Å²) >= 11 is 0. The smallest absolute Gasteiger partial charge is 0.313 e. The second kappa shape index (κ2) is 10.1. The molecule has 0 aliphatic carbocycles. The van der Waals surface area contributed by atoms with Crippen LogP contribution in [0.5, 0.6) is 0 Å². The summed E-state index contributed by atoms with van der Waals surface area (Å²) in [4.78, 5) is 30.5. The van der Waals surface area contributed by atoms with Crippen molar-refractivity contribution in [2.45, 2.75) is 32.8 Å². The molecule has 0 saturated carbocycles. The lowest BCUT2D eigenvalue weighted by atomic mass is 10.3. The van der Waals surface area contributed by atoms with Gasteiger partial charge in [-0.05, 0) is 13.8 Å². The van der Waals surface area contributed by atoms with Crippen LogP contribution >= 0.6 is 0 Å². The van der Waals surface area contributed by atoms with Crippen molar-refractivity contribution in [1.82, 2.24) is 0 Å². The highest BCUT2D eigenvalue weighted by molar-refractivity contribution is 5.93. The zero-order valence-corrected chi connectivity index (χ0v) is 9.98. The lowest BCUT2D eigenvalue weighted by Gasteiger charge is -1.99. The van der Waals surface area contributed by atoms with Crippen molar-refractivity contribution in [2.24, 2.45) is 0 Å². The van der Waals surface area contributed by atoms with E-state index in [-0.39, 0.29) is 24.6 Å². The Morgan fingerprint density at radius 3 is 1.69 bits per heavy atom. The maximum Gasteiger partial charge on any atom is 0.313 e. The molecule has 0 heterocycles. The Morgan fingerprint density at radius 2 is 1.56 bits per heavy atom. The van der Waals surface area contributed by atoms with Crippen molar-refractivity contribution in [3.05, 3.63) is 0 Å². The van der Waals surface area contributed by atoms with Crippen LogP contribution in [0.15, 0.2) is 0 Å². The van der Waals surface area contributed by atoms with E-state index in [9.17, 15) is 14.4 Å². The Bertz CT molecular complexity index is 233. The molecule has 16 heavy (non-hydrogen) atoms. The first-order valence-corrected chi connectivity index (χ1v) is 4.64. The fraction of sp³-hybridized carbons (Fsp3) is 0.700. The molecule has 0 aromatic rings. The molecule has 94 valence electrons. The molecule has 0 aliphatic rings. The number of ether oxygens (including phenoxy) is 2. The van der Waals surface area contributed by atoms with Crippen molar-refractivity contribution in [1.29, 1.82) is 0 Å². The van der Waals surface area contributed by atoms with Crippen molar-refractivity contribution in [3.8, 4) is 0 Å². The molecule has 0 aromatic heterocycles. The quantitative estimate of drug-likeness (QED) is 0.546. The first-order valence-electron chi connectivity index (χ1n) is 4.64. The summed E-state index contributed by atoms with van der Waals surface area (Å²) in [5.41, 5.74) is 0. The number of esters is 2. The zero-order valence-electron chi connectivity index (χ0n) is 9.98. The van der Waals surface area contributed by atoms with Gasteiger partial charge in [0.25, 0.3) is 0 Å². The average molecular weight is 234 g/mol. The number of Topliss-reactive ketones (excluding diaryl/α,β-unsaturated/α-hetero) is 1. The van der Waals surface area contributed by atoms with E-state index < -0.39 is 12.1 Å². The molecule has 1 N–H and O–H groups in total. The number of ketones is 1. The third-order valence-electron chi connectivity index (χ3n) is 1.31. The van der Waals surface area contributed by atoms with Crippen LogP contribution in [0.25, 0.3) is 0 Å². The number of methoxy groups -OCH3 is 2. The van der Waals surface area contributed by atoms with E-state index in [2.05, 4.69) is 9.47 Å². The van der Waals surface area contributed by atoms with Gasteiger partial charge in [-0.3, -0.25) is 14.4 Å². The fourth-order valence-corrected chi connectivity index (χ4v) is 0.600. The molecule has 0 radical (unpaired) electrons. The van der Waals surface area contributed by atoms with Crippen LogP contribution in [0.2, 0.25) is 0 Å². The molecule has 0 aromatic carbocycles. The van der Waals surface area contributed by atoms with E-state index in [4.69, 9.17) is 5.11 Å². The molecule has 0 rings (SSSR count). The number of carbonyl (C=O) groups excluding carboxylic acids is 3. The van der Waals surface area contributed by atoms with Gasteiger partial charge >= 0.3 is 11.9 Å². The highest BCUT2D eigenvalue weighted by atomic mass is 16.5. The first-order chi connectivity index (χ1) is 7.33. The third-order valence-corrected chi connectivity index (χ3v) is 1.31. The predicted octanol–water partition coefficient (Wildman–Crippen LogP) is 0.0688. The summed E-state index contributed by atoms with van der Waals surface area (Å²) in [5.74, 6) is -1.02. The van der Waals surface area contributed by atoms with Gasteiger partial charge in [0.2, 0.25) is 0 Å². The minimum absolute atomic E-state index is 0.0799. The van der Waals surface area contributed by atoms with Gasteiger partial charge in [-0.2, -0.15) is 0 Å². The van der Waals surface area contributed by atoms with E-state index in [0.29, 0.717) is 0 Å². The number of hydrogen-bond donors (Lipinski definition) is 1. The second-order valence-electron chi connectivity index (χ2n) is 3.08. The van der Waals surface area contributed by atoms with Crippen LogP contribution < -0.4 is 0 Å². The van der Waals surface area contributed by atoms with Gasteiger partial charge in [-0.25, -0.2) is 0 Å². The highest BCUT2D eigenvalue weighted by Gasteiger charge is 2.03. The topological polar surface area (TPSA) is 89.9 Å². The predicted molar refractivity (Wildman–Crippen MR) is 55.6 cm³/mol. The Kier molecular flexibility index (Phi) is 10.7. The molecule has 6 heteroatoms. The normalized spacial score (nSPS) is 10.6. The van der Waals surface area contributed by atoms with Gasteiger partial charge in [0.05, 0.1) is 26.7 Å². The molecular formula is C10H18O6. The number of carbonyl (C=O) groups is 3. The molecule has 0 saturated heterocycles. The summed E-state index contributed by atoms with van der Waals surface area (Å²) in [5, 5.41) is 8.55. The fourth-order valence-electron chi connectivity index (χ4n) is 0.600. The lowest BCUT2D eigenvalue weighted by molar-refractivity contribution is -0.144. The van der Waals surface area contributed by atoms with Gasteiger partial charge in [-0.15, -0.1) is 0 Å². The molecule has 0 aliphatic heterocycles. The van der Waals surface area contributed by atoms with E-state index in [0.717, 1.165) is 0 Å². The van der Waals surface area contributed by atoms with Crippen LogP contribution in [0.1, 0.15) is 26.7 Å². The SMILES string of the molecule is COC(=O)CC(C)=O.COC(=O)C[C@@H](C)O. The van der Waals surface area contributed by atoms with E-state index >= 15 is 0 Å². The number of rotatable bonds is 4. The largest absolute Gasteiger partial charge is 0.469 e. The number of aliphatic hydroxyl groups excluding tert-OH is 1. The molecular weight excluding hydrogens is 216 g/mol. The highest BCUT2D eigenvalue weighted by Crippen LogP contribution is 1.89. The molecule has 0 bridgehead atoms. The van der Waals surface area contributed by atoms with Gasteiger partial charge < -0.3 is 14.6 Å². The molecule has 0 spiro atoms. The van der Waals surface area contributed by atoms with E-state index in [1.165, 1.54) is 28.1 Å². The monoisotopic (exact) mass is 234 g/mol. The maximum atomic E-state index is 10.2. The average Bonchev–Trinajstić information content (AvgIpc) is 2.16. The van der Waals surface area contributed by atoms with Crippen LogP contribution in [-0.4, -0.2) is 43.2 Å². The van der Waals surface area contributed by atoms with Crippen LogP contribution in [0.3, 0.4) is 0 Å². The number of aliphatic hydroxyl groups is 1. The van der Waals surface area contributed by atoms with Gasteiger partial charge in [-0.1, -0.05) is 0 Å². The molecule has 1 atom stereocenters. The Morgan fingerprint density at radius 1 is 1.12 bits per heavy atom. The van der Waals surface area contributed by atoms with Crippen molar-refractivity contribution < 1.29 is 29.0 Å². The van der Waals surface area contributed by atoms with E-state index in [1.54, 1.807) is 0 Å². The molecule has 6 nitrogen and oxygen atoms in total. The third kappa shape index (κ3) is 15.1. The molecule has 0 fully saturated rings. The van der Waals surface area contributed by atoms with Crippen molar-refractivity contribution >= 4 is 17.7 Å². The van der Waals surface area contributed by atoms with Crippen LogP contribution in [0, 0.1) is 0 Å². The minimum Gasteiger partial charge on any atom is -0.469 e. The van der Waals surface area contributed by atoms with Crippen LogP contribution in [-0.2, 0) is 23.9 Å². The number of hydrogen-bond acceptors (Lipinski definition) is 6. The standard InChI is InChI=1S/C5H10O3.C5H8O3/c2*1-4(6)3-5(7)8-2/h4,6H,3H2,1-2H3;3H2,1-2H3/t4-;/m1./s1. The van der Waals surface area contributed by atoms with Gasteiger partial charge in [0.15, 0.2) is 0 Å². The Labute approximate surface area is 94.5 Å². The summed E-state index contributed by atoms with van der Waals surface area (Å²) in [6, 6.07) is 0. The first kappa shape index (κ1) is 17.0. The Balaban J connectivity index is 0. The van der Waals surface area contributed by atoms with Gasteiger partial charge in [0, 0.05) is 0 Å². The van der Waals surface area contributed by atoms with Crippen LogP contribution in [0.4, 0.5) is 0 Å². The minimum atomic E-state index is -0.595. The zero-order chi connectivity index (χ0) is 13.1. The van der Waals surface area contributed by atoms with Gasteiger partial charge in [0.1, 0.15) is 12.2 Å². The summed E-state index contributed by atoms with van der Waals surface area (Å²) < 4.78 is 8.46. The Hall–Kier alpha value is -1.43. The van der Waals surface area contributed by atoms with E-state index in [1.807, 2.05) is 0 Å². The lowest BCUT2D eigenvalue weighted by Crippen LogP contribution is -2.10. The summed E-state index contributed by atoms with van der Waals surface area (Å²) in [6.07, 6.45) is -0.630. The van der Waals surface area contributed by atoms with Crippen molar-refractivity contribution in [3.63, 3.8) is 0 Å².